The normalized spacial score (nSPS) is 10.6. The predicted octanol–water partition coefficient (Wildman–Crippen LogP) is 5.15. The molecule has 0 saturated carbocycles. The maximum atomic E-state index is 12.3. The first kappa shape index (κ1) is 21.5. The van der Waals surface area contributed by atoms with Gasteiger partial charge < -0.3 is 19.2 Å². The van der Waals surface area contributed by atoms with E-state index in [-0.39, 0.29) is 11.7 Å². The third-order valence-corrected chi connectivity index (χ3v) is 5.46. The Morgan fingerprint density at radius 3 is 2.28 bits per heavy atom. The summed E-state index contributed by atoms with van der Waals surface area (Å²) in [5, 5.41) is 11.2. The summed E-state index contributed by atoms with van der Waals surface area (Å²) in [6.07, 6.45) is 0. The van der Waals surface area contributed by atoms with Crippen LogP contribution >= 0.6 is 11.8 Å². The van der Waals surface area contributed by atoms with Gasteiger partial charge >= 0.3 is 0 Å². The van der Waals surface area contributed by atoms with Crippen LogP contribution in [0.3, 0.4) is 0 Å². The van der Waals surface area contributed by atoms with E-state index in [0.717, 1.165) is 16.8 Å². The number of carbonyl (C=O) groups is 1. The summed E-state index contributed by atoms with van der Waals surface area (Å²) in [6, 6.07) is 23.1. The summed E-state index contributed by atoms with van der Waals surface area (Å²) in [6.45, 7) is 0. The van der Waals surface area contributed by atoms with E-state index in [1.54, 1.807) is 32.4 Å². The van der Waals surface area contributed by atoms with Crippen LogP contribution in [0.5, 0.6) is 11.5 Å². The van der Waals surface area contributed by atoms with Gasteiger partial charge in [-0.25, -0.2) is 0 Å². The molecule has 8 heteroatoms. The zero-order valence-electron chi connectivity index (χ0n) is 17.6. The summed E-state index contributed by atoms with van der Waals surface area (Å²) in [5.41, 5.74) is 3.64. The number of aromatic nitrogens is 2. The summed E-state index contributed by atoms with van der Waals surface area (Å²) in [5.74, 6) is 1.50. The minimum atomic E-state index is -0.159. The summed E-state index contributed by atoms with van der Waals surface area (Å²) in [7, 11) is 3.13. The minimum absolute atomic E-state index is 0.147. The number of hydrogen-bond acceptors (Lipinski definition) is 7. The lowest BCUT2D eigenvalue weighted by molar-refractivity contribution is -0.113. The van der Waals surface area contributed by atoms with Crippen LogP contribution in [0.1, 0.15) is 0 Å². The first-order valence-electron chi connectivity index (χ1n) is 9.80. The first-order valence-corrected chi connectivity index (χ1v) is 10.8. The average Bonchev–Trinajstić information content (AvgIpc) is 3.32. The summed E-state index contributed by atoms with van der Waals surface area (Å²) >= 11 is 1.17. The van der Waals surface area contributed by atoms with E-state index in [0.29, 0.717) is 28.2 Å². The molecule has 0 saturated heterocycles. The quantitative estimate of drug-likeness (QED) is 0.374. The van der Waals surface area contributed by atoms with Crippen molar-refractivity contribution in [3.8, 4) is 34.1 Å². The lowest BCUT2D eigenvalue weighted by atomic mass is 10.1. The van der Waals surface area contributed by atoms with Crippen LogP contribution in [0, 0.1) is 0 Å². The van der Waals surface area contributed by atoms with Gasteiger partial charge in [-0.1, -0.05) is 54.2 Å². The van der Waals surface area contributed by atoms with Crippen LogP contribution in [0.4, 0.5) is 5.69 Å². The number of carbonyl (C=O) groups excluding carboxylic acids is 1. The Labute approximate surface area is 189 Å². The van der Waals surface area contributed by atoms with Gasteiger partial charge in [-0.05, 0) is 41.5 Å². The second-order valence-electron chi connectivity index (χ2n) is 6.72. The van der Waals surface area contributed by atoms with Crippen LogP contribution in [0.25, 0.3) is 22.6 Å². The van der Waals surface area contributed by atoms with Gasteiger partial charge in [0, 0.05) is 11.3 Å². The van der Waals surface area contributed by atoms with Crippen LogP contribution in [0.15, 0.2) is 82.4 Å². The number of benzene rings is 3. The molecule has 1 heterocycles. The molecular weight excluding hydrogens is 426 g/mol. The molecular formula is C24H21N3O4S. The van der Waals surface area contributed by atoms with Crippen molar-refractivity contribution in [1.82, 2.24) is 10.2 Å². The fourth-order valence-corrected chi connectivity index (χ4v) is 3.62. The van der Waals surface area contributed by atoms with E-state index in [4.69, 9.17) is 13.9 Å². The highest BCUT2D eigenvalue weighted by Gasteiger charge is 2.14. The number of methoxy groups -OCH3 is 2. The van der Waals surface area contributed by atoms with E-state index in [1.165, 1.54) is 11.8 Å². The lowest BCUT2D eigenvalue weighted by Crippen LogP contribution is -2.13. The number of thioether (sulfide) groups is 1. The Morgan fingerprint density at radius 1 is 0.875 bits per heavy atom. The van der Waals surface area contributed by atoms with E-state index in [9.17, 15) is 4.79 Å². The van der Waals surface area contributed by atoms with Crippen LogP contribution < -0.4 is 14.8 Å². The highest BCUT2D eigenvalue weighted by Crippen LogP contribution is 2.32. The Kier molecular flexibility index (Phi) is 6.72. The number of amides is 1. The fourth-order valence-electron chi connectivity index (χ4n) is 3.05. The Balaban J connectivity index is 1.33. The standard InChI is InChI=1S/C24H21N3O4S/c1-29-20-13-10-18(14-21(20)30-2)23-26-27-24(31-23)32-15-22(28)25-19-11-8-17(9-12-19)16-6-4-3-5-7-16/h3-14H,15H2,1-2H3,(H,25,28). The van der Waals surface area contributed by atoms with Gasteiger partial charge in [0.1, 0.15) is 0 Å². The van der Waals surface area contributed by atoms with E-state index in [1.807, 2.05) is 54.6 Å². The van der Waals surface area contributed by atoms with Gasteiger partial charge in [-0.15, -0.1) is 10.2 Å². The third kappa shape index (κ3) is 5.09. The maximum absolute atomic E-state index is 12.3. The van der Waals surface area contributed by atoms with Gasteiger partial charge in [-0.3, -0.25) is 4.79 Å². The molecule has 0 unspecified atom stereocenters. The van der Waals surface area contributed by atoms with Gasteiger partial charge in [0.25, 0.3) is 5.22 Å². The number of rotatable bonds is 8. The molecule has 3 aromatic carbocycles. The number of ether oxygens (including phenoxy) is 2. The molecule has 0 fully saturated rings. The summed E-state index contributed by atoms with van der Waals surface area (Å²) in [4.78, 5) is 12.3. The highest BCUT2D eigenvalue weighted by atomic mass is 32.2. The molecule has 0 bridgehead atoms. The fraction of sp³-hybridized carbons (Fsp3) is 0.125. The topological polar surface area (TPSA) is 86.5 Å². The molecule has 32 heavy (non-hydrogen) atoms. The van der Waals surface area contributed by atoms with Crippen molar-refractivity contribution in [3.63, 3.8) is 0 Å². The number of nitrogens with one attached hydrogen (secondary N) is 1. The first-order chi connectivity index (χ1) is 15.7. The largest absolute Gasteiger partial charge is 0.493 e. The SMILES string of the molecule is COc1ccc(-c2nnc(SCC(=O)Nc3ccc(-c4ccccc4)cc3)o2)cc1OC. The van der Waals surface area contributed by atoms with E-state index >= 15 is 0 Å². The second kappa shape index (κ2) is 10.0. The maximum Gasteiger partial charge on any atom is 0.277 e. The molecule has 1 N–H and O–H groups in total. The molecule has 162 valence electrons. The van der Waals surface area contributed by atoms with Crippen molar-refractivity contribution in [1.29, 1.82) is 0 Å². The monoisotopic (exact) mass is 447 g/mol. The molecule has 0 radical (unpaired) electrons. The molecule has 0 spiro atoms. The molecule has 1 amide bonds. The minimum Gasteiger partial charge on any atom is -0.493 e. The predicted molar refractivity (Wildman–Crippen MR) is 124 cm³/mol. The zero-order valence-corrected chi connectivity index (χ0v) is 18.4. The zero-order chi connectivity index (χ0) is 22.3. The molecule has 0 atom stereocenters. The molecule has 0 aliphatic heterocycles. The average molecular weight is 448 g/mol. The Morgan fingerprint density at radius 2 is 1.56 bits per heavy atom. The van der Waals surface area contributed by atoms with Crippen molar-refractivity contribution >= 4 is 23.4 Å². The molecule has 4 aromatic rings. The summed E-state index contributed by atoms with van der Waals surface area (Å²) < 4.78 is 16.2. The molecule has 4 rings (SSSR count). The molecule has 1 aromatic heterocycles. The van der Waals surface area contributed by atoms with Gasteiger partial charge in [0.15, 0.2) is 11.5 Å². The number of nitrogens with zero attached hydrogens (tertiary/aromatic N) is 2. The second-order valence-corrected chi connectivity index (χ2v) is 7.65. The highest BCUT2D eigenvalue weighted by molar-refractivity contribution is 7.99. The van der Waals surface area contributed by atoms with Crippen LogP contribution in [0.2, 0.25) is 0 Å². The smallest absolute Gasteiger partial charge is 0.277 e. The van der Waals surface area contributed by atoms with Crippen molar-refractivity contribution in [2.24, 2.45) is 0 Å². The number of anilines is 1. The molecule has 0 aliphatic rings. The van der Waals surface area contributed by atoms with E-state index < -0.39 is 0 Å². The van der Waals surface area contributed by atoms with Crippen molar-refractivity contribution in [3.05, 3.63) is 72.8 Å². The van der Waals surface area contributed by atoms with Crippen molar-refractivity contribution in [2.75, 3.05) is 25.3 Å². The molecule has 0 aliphatic carbocycles. The van der Waals surface area contributed by atoms with Gasteiger partial charge in [0.05, 0.1) is 20.0 Å². The van der Waals surface area contributed by atoms with Crippen LogP contribution in [-0.2, 0) is 4.79 Å². The number of hydrogen-bond donors (Lipinski definition) is 1. The van der Waals surface area contributed by atoms with Gasteiger partial charge in [-0.2, -0.15) is 0 Å². The van der Waals surface area contributed by atoms with Crippen molar-refractivity contribution in [2.45, 2.75) is 5.22 Å². The van der Waals surface area contributed by atoms with Crippen molar-refractivity contribution < 1.29 is 18.7 Å². The molecule has 7 nitrogen and oxygen atoms in total. The van der Waals surface area contributed by atoms with E-state index in [2.05, 4.69) is 15.5 Å². The Bertz CT molecular complexity index is 1190. The van der Waals surface area contributed by atoms with Gasteiger partial charge in [0.2, 0.25) is 11.8 Å². The third-order valence-electron chi connectivity index (χ3n) is 4.64. The lowest BCUT2D eigenvalue weighted by Gasteiger charge is -2.07. The Hall–Kier alpha value is -3.78. The van der Waals surface area contributed by atoms with Crippen LogP contribution in [-0.4, -0.2) is 36.1 Å².